The van der Waals surface area contributed by atoms with E-state index in [-0.39, 0.29) is 18.6 Å². The van der Waals surface area contributed by atoms with Crippen LogP contribution in [0.1, 0.15) is 28.7 Å². The lowest BCUT2D eigenvalue weighted by molar-refractivity contribution is -0.123. The molecule has 0 fully saturated rings. The van der Waals surface area contributed by atoms with Gasteiger partial charge in [0.2, 0.25) is 0 Å². The van der Waals surface area contributed by atoms with Crippen LogP contribution in [-0.4, -0.2) is 38.1 Å². The molecule has 5 nitrogen and oxygen atoms in total. The first-order valence-corrected chi connectivity index (χ1v) is 8.05. The predicted octanol–water partition coefficient (Wildman–Crippen LogP) is 3.00. The van der Waals surface area contributed by atoms with Gasteiger partial charge in [-0.3, -0.25) is 9.69 Å². The number of furan rings is 1. The number of nitrogens with one attached hydrogen (secondary N) is 1. The maximum absolute atomic E-state index is 12.1. The number of benzene rings is 1. The molecule has 5 heteroatoms. The van der Waals surface area contributed by atoms with Gasteiger partial charge in [0, 0.05) is 6.54 Å². The Morgan fingerprint density at radius 1 is 1.17 bits per heavy atom. The number of aryl methyl sites for hydroxylation is 3. The van der Waals surface area contributed by atoms with Gasteiger partial charge in [0.15, 0.2) is 6.61 Å². The number of hydrogen-bond acceptors (Lipinski definition) is 4. The molecule has 1 heterocycles. The molecular weight excluding hydrogens is 304 g/mol. The molecule has 0 spiro atoms. The molecule has 130 valence electrons. The molecule has 2 rings (SSSR count). The van der Waals surface area contributed by atoms with Gasteiger partial charge in [-0.15, -0.1) is 0 Å². The Hall–Kier alpha value is -2.27. The van der Waals surface area contributed by atoms with Crippen LogP contribution >= 0.6 is 0 Å². The highest BCUT2D eigenvalue weighted by Crippen LogP contribution is 2.20. The minimum Gasteiger partial charge on any atom is -0.484 e. The summed E-state index contributed by atoms with van der Waals surface area (Å²) >= 11 is 0. The topological polar surface area (TPSA) is 54.7 Å². The van der Waals surface area contributed by atoms with Crippen molar-refractivity contribution in [3.8, 4) is 5.75 Å². The fraction of sp³-hybridized carbons (Fsp3) is 0.421. The van der Waals surface area contributed by atoms with Crippen LogP contribution < -0.4 is 10.1 Å². The average molecular weight is 330 g/mol. The highest BCUT2D eigenvalue weighted by molar-refractivity contribution is 5.77. The molecule has 0 saturated heterocycles. The summed E-state index contributed by atoms with van der Waals surface area (Å²) in [5.41, 5.74) is 2.23. The number of nitrogens with zero attached hydrogens (tertiary/aromatic N) is 1. The highest BCUT2D eigenvalue weighted by Gasteiger charge is 2.18. The van der Waals surface area contributed by atoms with Crippen LogP contribution in [0.5, 0.6) is 5.75 Å². The van der Waals surface area contributed by atoms with E-state index in [1.54, 1.807) is 0 Å². The van der Waals surface area contributed by atoms with Crippen molar-refractivity contribution in [2.45, 2.75) is 26.8 Å². The lowest BCUT2D eigenvalue weighted by atomic mass is 10.1. The van der Waals surface area contributed by atoms with E-state index >= 15 is 0 Å². The van der Waals surface area contributed by atoms with Crippen molar-refractivity contribution in [2.75, 3.05) is 27.2 Å². The summed E-state index contributed by atoms with van der Waals surface area (Å²) in [6, 6.07) is 9.78. The van der Waals surface area contributed by atoms with Crippen molar-refractivity contribution >= 4 is 5.91 Å². The number of ether oxygens (including phenoxy) is 1. The van der Waals surface area contributed by atoms with Crippen molar-refractivity contribution in [1.82, 2.24) is 10.2 Å². The van der Waals surface area contributed by atoms with Gasteiger partial charge in [-0.25, -0.2) is 0 Å². The van der Waals surface area contributed by atoms with Crippen molar-refractivity contribution in [3.05, 3.63) is 53.0 Å². The van der Waals surface area contributed by atoms with Gasteiger partial charge in [-0.1, -0.05) is 6.07 Å². The summed E-state index contributed by atoms with van der Waals surface area (Å²) in [5.74, 6) is 2.27. The number of carbonyl (C=O) groups is 1. The average Bonchev–Trinajstić information content (AvgIpc) is 2.90. The van der Waals surface area contributed by atoms with E-state index in [1.807, 2.05) is 64.0 Å². The fourth-order valence-electron chi connectivity index (χ4n) is 2.60. The third kappa shape index (κ3) is 5.13. The summed E-state index contributed by atoms with van der Waals surface area (Å²) in [6.45, 7) is 6.39. The molecule has 0 aliphatic rings. The van der Waals surface area contributed by atoms with Gasteiger partial charge >= 0.3 is 0 Å². The zero-order chi connectivity index (χ0) is 17.7. The number of likely N-dealkylation sites (N-methyl/N-ethyl adjacent to an activating group) is 1. The highest BCUT2D eigenvalue weighted by atomic mass is 16.5. The third-order valence-electron chi connectivity index (χ3n) is 3.77. The van der Waals surface area contributed by atoms with E-state index in [0.29, 0.717) is 12.3 Å². The Morgan fingerprint density at radius 2 is 1.83 bits per heavy atom. The lowest BCUT2D eigenvalue weighted by Gasteiger charge is -2.22. The zero-order valence-corrected chi connectivity index (χ0v) is 15.1. The number of rotatable bonds is 7. The minimum atomic E-state index is -0.149. The van der Waals surface area contributed by atoms with Crippen molar-refractivity contribution in [3.63, 3.8) is 0 Å². The standard InChI is InChI=1S/C19H26N2O3/c1-13-8-14(2)10-16(9-13)23-12-19(22)20-11-17(21(4)5)18-7-6-15(3)24-18/h6-10,17H,11-12H2,1-5H3,(H,20,22)/t17-/m1/s1. The molecular formula is C19H26N2O3. The van der Waals surface area contributed by atoms with Crippen LogP contribution in [0.4, 0.5) is 0 Å². The van der Waals surface area contributed by atoms with Gasteiger partial charge < -0.3 is 14.5 Å². The zero-order valence-electron chi connectivity index (χ0n) is 15.1. The van der Waals surface area contributed by atoms with Crippen LogP contribution in [0.3, 0.4) is 0 Å². The Balaban J connectivity index is 1.87. The first kappa shape index (κ1) is 18.1. The molecule has 0 radical (unpaired) electrons. The number of hydrogen-bond donors (Lipinski definition) is 1. The summed E-state index contributed by atoms with van der Waals surface area (Å²) in [7, 11) is 3.92. The van der Waals surface area contributed by atoms with Crippen molar-refractivity contribution in [1.29, 1.82) is 0 Å². The normalized spacial score (nSPS) is 12.2. The summed E-state index contributed by atoms with van der Waals surface area (Å²) in [4.78, 5) is 14.1. The maximum Gasteiger partial charge on any atom is 0.258 e. The molecule has 1 aromatic carbocycles. The van der Waals surface area contributed by atoms with Gasteiger partial charge in [0.25, 0.3) is 5.91 Å². The Labute approximate surface area is 143 Å². The fourth-order valence-corrected chi connectivity index (χ4v) is 2.60. The quantitative estimate of drug-likeness (QED) is 0.848. The van der Waals surface area contributed by atoms with Crippen molar-refractivity contribution < 1.29 is 13.9 Å². The van der Waals surface area contributed by atoms with E-state index in [1.165, 1.54) is 0 Å². The molecule has 0 saturated carbocycles. The lowest BCUT2D eigenvalue weighted by Crippen LogP contribution is -2.36. The predicted molar refractivity (Wildman–Crippen MR) is 94.3 cm³/mol. The van der Waals surface area contributed by atoms with E-state index in [9.17, 15) is 4.79 Å². The monoisotopic (exact) mass is 330 g/mol. The van der Waals surface area contributed by atoms with Gasteiger partial charge in [-0.05, 0) is 70.3 Å². The minimum absolute atomic E-state index is 0.000223. The van der Waals surface area contributed by atoms with E-state index in [4.69, 9.17) is 9.15 Å². The van der Waals surface area contributed by atoms with Gasteiger partial charge in [-0.2, -0.15) is 0 Å². The molecule has 0 aliphatic carbocycles. The Morgan fingerprint density at radius 3 is 2.38 bits per heavy atom. The van der Waals surface area contributed by atoms with Crippen molar-refractivity contribution in [2.24, 2.45) is 0 Å². The molecule has 2 aromatic rings. The molecule has 1 aromatic heterocycles. The summed E-state index contributed by atoms with van der Waals surface area (Å²) < 4.78 is 11.3. The molecule has 1 N–H and O–H groups in total. The van der Waals surface area contributed by atoms with E-state index in [2.05, 4.69) is 11.4 Å². The molecule has 1 atom stereocenters. The molecule has 24 heavy (non-hydrogen) atoms. The second kappa shape index (κ2) is 8.02. The van der Waals surface area contributed by atoms with E-state index < -0.39 is 0 Å². The number of carbonyl (C=O) groups excluding carboxylic acids is 1. The largest absolute Gasteiger partial charge is 0.484 e. The molecule has 0 unspecified atom stereocenters. The third-order valence-corrected chi connectivity index (χ3v) is 3.77. The van der Waals surface area contributed by atoms with E-state index in [0.717, 1.165) is 22.6 Å². The van der Waals surface area contributed by atoms with Crippen LogP contribution in [0.25, 0.3) is 0 Å². The smallest absolute Gasteiger partial charge is 0.258 e. The first-order valence-electron chi connectivity index (χ1n) is 8.05. The first-order chi connectivity index (χ1) is 11.3. The summed E-state index contributed by atoms with van der Waals surface area (Å²) in [6.07, 6.45) is 0. The Kier molecular flexibility index (Phi) is 6.04. The van der Waals surface area contributed by atoms with Crippen LogP contribution in [0.15, 0.2) is 34.7 Å². The van der Waals surface area contributed by atoms with Crippen LogP contribution in [0.2, 0.25) is 0 Å². The summed E-state index contributed by atoms with van der Waals surface area (Å²) in [5, 5.41) is 2.91. The molecule has 1 amide bonds. The van der Waals surface area contributed by atoms with Gasteiger partial charge in [0.05, 0.1) is 6.04 Å². The molecule has 0 aliphatic heterocycles. The maximum atomic E-state index is 12.1. The number of amides is 1. The van der Waals surface area contributed by atoms with Crippen LogP contribution in [0, 0.1) is 20.8 Å². The Bertz CT molecular complexity index is 671. The SMILES string of the molecule is Cc1cc(C)cc(OCC(=O)NC[C@H](c2ccc(C)o2)N(C)C)c1. The second-order valence-electron chi connectivity index (χ2n) is 6.34. The molecule has 0 bridgehead atoms. The van der Waals surface area contributed by atoms with Gasteiger partial charge in [0.1, 0.15) is 17.3 Å². The van der Waals surface area contributed by atoms with Crippen LogP contribution in [-0.2, 0) is 4.79 Å². The second-order valence-corrected chi connectivity index (χ2v) is 6.34.